The molecular formula is C69H77N3. The van der Waals surface area contributed by atoms with Crippen LogP contribution in [0.25, 0.3) is 83.6 Å². The van der Waals surface area contributed by atoms with Crippen molar-refractivity contribution in [2.24, 2.45) is 0 Å². The molecule has 0 aliphatic rings. The third kappa shape index (κ3) is 12.4. The lowest BCUT2D eigenvalue weighted by Gasteiger charge is -2.21. The molecule has 10 rings (SSSR count). The Morgan fingerprint density at radius 1 is 0.347 bits per heavy atom. The van der Waals surface area contributed by atoms with E-state index in [1.54, 1.807) is 0 Å². The van der Waals surface area contributed by atoms with Gasteiger partial charge >= 0.3 is 0 Å². The monoisotopic (exact) mass is 948 g/mol. The van der Waals surface area contributed by atoms with Crippen molar-refractivity contribution in [3.8, 4) is 61.8 Å². The first-order valence-corrected chi connectivity index (χ1v) is 26.1. The second-order valence-corrected chi connectivity index (χ2v) is 19.8. The van der Waals surface area contributed by atoms with Gasteiger partial charge in [0.05, 0.1) is 22.4 Å². The molecule has 0 atom stereocenters. The summed E-state index contributed by atoms with van der Waals surface area (Å²) in [6, 6.07) is 69.5. The normalized spacial score (nSPS) is 11.0. The quantitative estimate of drug-likeness (QED) is 0.166. The standard InChI is InChI=1S/C45H37N3.C18H22.3C2H6/c1-30-13-10-19-35(25-30)44-46-40(31-14-6-5-7-15-31)29-41(47-44)34-18-11-16-32(26-34)33-17-12-20-37(27-33)48-42-22-9-8-21-38(42)39-28-36(45(2,3)4)23-24-43(39)48;1-13-8-6-7-9-16(13)17-12-15(18(3,4)5)11-10-14(17)2;3*1-2/h5-29H,1-4H3;6-12H,1-5H3;3*1-2H3. The molecule has 0 saturated carbocycles. The van der Waals surface area contributed by atoms with Gasteiger partial charge in [0, 0.05) is 33.2 Å². The van der Waals surface area contributed by atoms with Gasteiger partial charge in [-0.25, -0.2) is 9.97 Å². The minimum absolute atomic E-state index is 0.0780. The van der Waals surface area contributed by atoms with Gasteiger partial charge in [-0.15, -0.1) is 0 Å². The van der Waals surface area contributed by atoms with Crippen molar-refractivity contribution < 1.29 is 0 Å². The second kappa shape index (κ2) is 24.2. The fourth-order valence-corrected chi connectivity index (χ4v) is 8.92. The zero-order valence-electron chi connectivity index (χ0n) is 45.8. The number of fused-ring (bicyclic) bond motifs is 3. The van der Waals surface area contributed by atoms with Crippen LogP contribution in [0.4, 0.5) is 0 Å². The van der Waals surface area contributed by atoms with E-state index in [4.69, 9.17) is 9.97 Å². The van der Waals surface area contributed by atoms with Gasteiger partial charge < -0.3 is 4.57 Å². The Labute approximate surface area is 432 Å². The fraction of sp³-hybridized carbons (Fsp3) is 0.246. The number of aromatic nitrogens is 3. The molecule has 0 saturated heterocycles. The maximum Gasteiger partial charge on any atom is 0.160 e. The van der Waals surface area contributed by atoms with Gasteiger partial charge in [0.1, 0.15) is 0 Å². The SMILES string of the molecule is CC.CC.CC.Cc1cccc(-c2nc(-c3ccccc3)cc(-c3cccc(-c4cccc(-n5c6ccccc6c6cc(C(C)(C)C)ccc65)c4)c3)n2)c1.Cc1ccccc1-c1cc(C(C)(C)C)ccc1C. The van der Waals surface area contributed by atoms with E-state index in [1.165, 1.54) is 60.8 Å². The van der Waals surface area contributed by atoms with Crippen LogP contribution in [0.15, 0.2) is 194 Å². The number of nitrogens with zero attached hydrogens (tertiary/aromatic N) is 3. The van der Waals surface area contributed by atoms with Crippen molar-refractivity contribution in [3.05, 3.63) is 222 Å². The predicted molar refractivity (Wildman–Crippen MR) is 316 cm³/mol. The third-order valence-corrected chi connectivity index (χ3v) is 12.7. The average Bonchev–Trinajstić information content (AvgIpc) is 3.74. The molecular weight excluding hydrogens is 871 g/mol. The van der Waals surface area contributed by atoms with Crippen LogP contribution in [0.1, 0.15) is 111 Å². The summed E-state index contributed by atoms with van der Waals surface area (Å²) in [4.78, 5) is 10.1. The smallest absolute Gasteiger partial charge is 0.160 e. The summed E-state index contributed by atoms with van der Waals surface area (Å²) in [6.07, 6.45) is 0. The molecule has 8 aromatic carbocycles. The molecule has 0 aliphatic carbocycles. The summed E-state index contributed by atoms with van der Waals surface area (Å²) in [5, 5.41) is 2.56. The number of rotatable bonds is 6. The molecule has 0 radical (unpaired) electrons. The van der Waals surface area contributed by atoms with E-state index in [9.17, 15) is 0 Å². The zero-order valence-corrected chi connectivity index (χ0v) is 45.8. The van der Waals surface area contributed by atoms with E-state index < -0.39 is 0 Å². The Bertz CT molecular complexity index is 3360. The summed E-state index contributed by atoms with van der Waals surface area (Å²) >= 11 is 0. The largest absolute Gasteiger partial charge is 0.309 e. The highest BCUT2D eigenvalue weighted by atomic mass is 15.0. The number of benzene rings is 8. The van der Waals surface area contributed by atoms with Crippen LogP contribution < -0.4 is 0 Å². The molecule has 2 aromatic heterocycles. The first-order valence-electron chi connectivity index (χ1n) is 26.1. The summed E-state index contributed by atoms with van der Waals surface area (Å²) in [5.74, 6) is 0.725. The minimum Gasteiger partial charge on any atom is -0.309 e. The van der Waals surface area contributed by atoms with Gasteiger partial charge in [0.25, 0.3) is 0 Å². The summed E-state index contributed by atoms with van der Waals surface area (Å²) < 4.78 is 2.40. The molecule has 0 N–H and O–H groups in total. The first kappa shape index (κ1) is 54.0. The maximum absolute atomic E-state index is 5.11. The van der Waals surface area contributed by atoms with Crippen molar-refractivity contribution >= 4 is 21.8 Å². The van der Waals surface area contributed by atoms with E-state index in [2.05, 4.69) is 255 Å². The molecule has 0 bridgehead atoms. The van der Waals surface area contributed by atoms with Crippen LogP contribution in [-0.2, 0) is 10.8 Å². The lowest BCUT2D eigenvalue weighted by atomic mass is 9.84. The van der Waals surface area contributed by atoms with Crippen LogP contribution in [0.5, 0.6) is 0 Å². The van der Waals surface area contributed by atoms with E-state index in [1.807, 2.05) is 47.6 Å². The van der Waals surface area contributed by atoms with E-state index in [-0.39, 0.29) is 10.8 Å². The molecule has 10 aromatic rings. The number of hydrogen-bond acceptors (Lipinski definition) is 2. The van der Waals surface area contributed by atoms with Gasteiger partial charge in [-0.3, -0.25) is 0 Å². The number of aryl methyl sites for hydroxylation is 3. The number of para-hydroxylation sites is 1. The summed E-state index contributed by atoms with van der Waals surface area (Å²) in [5.41, 5.74) is 20.4. The zero-order chi connectivity index (χ0) is 52.2. The highest BCUT2D eigenvalue weighted by Crippen LogP contribution is 2.37. The second-order valence-electron chi connectivity index (χ2n) is 19.8. The maximum atomic E-state index is 5.11. The van der Waals surface area contributed by atoms with Gasteiger partial charge in [0.2, 0.25) is 0 Å². The van der Waals surface area contributed by atoms with Gasteiger partial charge in [0.15, 0.2) is 5.82 Å². The minimum atomic E-state index is 0.0780. The van der Waals surface area contributed by atoms with Crippen molar-refractivity contribution in [2.75, 3.05) is 0 Å². The van der Waals surface area contributed by atoms with E-state index >= 15 is 0 Å². The van der Waals surface area contributed by atoms with Crippen LogP contribution in [0, 0.1) is 20.8 Å². The van der Waals surface area contributed by atoms with Gasteiger partial charge in [-0.05, 0) is 125 Å². The van der Waals surface area contributed by atoms with E-state index in [0.717, 1.165) is 50.7 Å². The van der Waals surface area contributed by atoms with Crippen molar-refractivity contribution in [1.82, 2.24) is 14.5 Å². The van der Waals surface area contributed by atoms with Crippen molar-refractivity contribution in [3.63, 3.8) is 0 Å². The lowest BCUT2D eigenvalue weighted by molar-refractivity contribution is 0.590. The van der Waals surface area contributed by atoms with Crippen LogP contribution in [0.2, 0.25) is 0 Å². The molecule has 0 fully saturated rings. The molecule has 3 heteroatoms. The molecule has 0 unspecified atom stereocenters. The molecule has 0 amide bonds. The Morgan fingerprint density at radius 2 is 0.861 bits per heavy atom. The average molecular weight is 948 g/mol. The Kier molecular flexibility index (Phi) is 18.1. The molecule has 72 heavy (non-hydrogen) atoms. The van der Waals surface area contributed by atoms with Crippen LogP contribution in [0.3, 0.4) is 0 Å². The highest BCUT2D eigenvalue weighted by molar-refractivity contribution is 6.09. The number of hydrogen-bond donors (Lipinski definition) is 0. The third-order valence-electron chi connectivity index (χ3n) is 12.7. The molecule has 368 valence electrons. The topological polar surface area (TPSA) is 30.7 Å². The van der Waals surface area contributed by atoms with E-state index in [0.29, 0.717) is 0 Å². The van der Waals surface area contributed by atoms with Crippen molar-refractivity contribution in [2.45, 2.75) is 115 Å². The van der Waals surface area contributed by atoms with Gasteiger partial charge in [-0.2, -0.15) is 0 Å². The van der Waals surface area contributed by atoms with Crippen LogP contribution in [-0.4, -0.2) is 14.5 Å². The van der Waals surface area contributed by atoms with Crippen LogP contribution >= 0.6 is 0 Å². The molecule has 3 nitrogen and oxygen atoms in total. The fourth-order valence-electron chi connectivity index (χ4n) is 8.92. The Balaban J connectivity index is 0.000000296. The van der Waals surface area contributed by atoms with Crippen molar-refractivity contribution in [1.29, 1.82) is 0 Å². The Hall–Kier alpha value is -7.36. The predicted octanol–water partition coefficient (Wildman–Crippen LogP) is 20.2. The molecule has 2 heterocycles. The summed E-state index contributed by atoms with van der Waals surface area (Å²) in [6.45, 7) is 32.1. The summed E-state index contributed by atoms with van der Waals surface area (Å²) in [7, 11) is 0. The molecule has 0 spiro atoms. The Morgan fingerprint density at radius 3 is 1.54 bits per heavy atom. The molecule has 0 aliphatic heterocycles. The lowest BCUT2D eigenvalue weighted by Crippen LogP contribution is -2.11. The highest BCUT2D eigenvalue weighted by Gasteiger charge is 2.19. The first-order chi connectivity index (χ1) is 34.7. The van der Waals surface area contributed by atoms with Gasteiger partial charge in [-0.1, -0.05) is 234 Å².